The van der Waals surface area contributed by atoms with Crippen molar-refractivity contribution >= 4 is 5.69 Å². The predicted molar refractivity (Wildman–Crippen MR) is 99.8 cm³/mol. The molecule has 0 bridgehead atoms. The van der Waals surface area contributed by atoms with Crippen LogP contribution >= 0.6 is 0 Å². The number of rotatable bonds is 3. The molecule has 120 valence electrons. The summed E-state index contributed by atoms with van der Waals surface area (Å²) in [6.07, 6.45) is 0. The molecule has 0 atom stereocenters. The Bertz CT molecular complexity index is 959. The van der Waals surface area contributed by atoms with Crippen molar-refractivity contribution in [3.8, 4) is 22.5 Å². The second-order valence-corrected chi connectivity index (χ2v) is 5.80. The van der Waals surface area contributed by atoms with E-state index in [0.717, 1.165) is 28.1 Å². The lowest BCUT2D eigenvalue weighted by Gasteiger charge is -2.04. The summed E-state index contributed by atoms with van der Waals surface area (Å²) in [5.74, 6) is 0.834. The van der Waals surface area contributed by atoms with E-state index < -0.39 is 0 Å². The third-order valence-corrected chi connectivity index (χ3v) is 4.00. The molecule has 0 amide bonds. The van der Waals surface area contributed by atoms with Crippen LogP contribution in [0.3, 0.4) is 0 Å². The molecule has 2 heteroatoms. The van der Waals surface area contributed by atoms with Crippen LogP contribution in [-0.4, -0.2) is 0 Å². The Kier molecular flexibility index (Phi) is 4.25. The highest BCUT2D eigenvalue weighted by atomic mass is 16.3. The van der Waals surface area contributed by atoms with E-state index in [0.29, 0.717) is 5.55 Å². The van der Waals surface area contributed by atoms with Crippen LogP contribution in [0.15, 0.2) is 108 Å². The van der Waals surface area contributed by atoms with Gasteiger partial charge in [-0.2, -0.15) is 4.99 Å². The minimum absolute atomic E-state index is 0.714. The molecule has 0 saturated heterocycles. The summed E-state index contributed by atoms with van der Waals surface area (Å²) in [7, 11) is 0. The third kappa shape index (κ3) is 3.59. The quantitative estimate of drug-likeness (QED) is 0.607. The molecule has 0 aliphatic rings. The van der Waals surface area contributed by atoms with Gasteiger partial charge in [0.05, 0.1) is 6.07 Å². The fourth-order valence-corrected chi connectivity index (χ4v) is 2.77. The maximum absolute atomic E-state index is 6.12. The Morgan fingerprint density at radius 3 is 1.72 bits per heavy atom. The van der Waals surface area contributed by atoms with Gasteiger partial charge >= 0.3 is 5.55 Å². The molecular weight excluding hydrogens is 306 g/mol. The Hall–Kier alpha value is -3.39. The minimum atomic E-state index is 0.714. The van der Waals surface area contributed by atoms with Gasteiger partial charge in [-0.15, -0.1) is 0 Å². The summed E-state index contributed by atoms with van der Waals surface area (Å²) in [6, 6.07) is 34.7. The van der Waals surface area contributed by atoms with Crippen LogP contribution in [0.2, 0.25) is 0 Å². The van der Waals surface area contributed by atoms with Gasteiger partial charge in [0.25, 0.3) is 0 Å². The first kappa shape index (κ1) is 15.2. The van der Waals surface area contributed by atoms with Crippen molar-refractivity contribution < 1.29 is 9.41 Å². The topological polar surface area (TPSA) is 27.1 Å². The highest BCUT2D eigenvalue weighted by molar-refractivity contribution is 5.68. The van der Waals surface area contributed by atoms with E-state index in [1.807, 2.05) is 72.8 Å². The molecule has 0 unspecified atom stereocenters. The first-order valence-corrected chi connectivity index (χ1v) is 8.29. The Morgan fingerprint density at radius 1 is 0.520 bits per heavy atom. The second-order valence-electron chi connectivity index (χ2n) is 5.80. The molecule has 4 rings (SSSR count). The maximum atomic E-state index is 6.12. The SMILES string of the molecule is c1ccc([NH+]=c2cc(-c3ccccc3)cc(-c3ccccc3)o2)cc1. The van der Waals surface area contributed by atoms with Crippen molar-refractivity contribution in [3.63, 3.8) is 0 Å². The van der Waals surface area contributed by atoms with Crippen molar-refractivity contribution in [1.82, 2.24) is 0 Å². The fraction of sp³-hybridized carbons (Fsp3) is 0. The molecule has 0 aliphatic carbocycles. The molecule has 1 N–H and O–H groups in total. The van der Waals surface area contributed by atoms with Crippen molar-refractivity contribution in [2.75, 3.05) is 0 Å². The van der Waals surface area contributed by atoms with E-state index in [-0.39, 0.29) is 0 Å². The second kappa shape index (κ2) is 7.02. The fourth-order valence-electron chi connectivity index (χ4n) is 2.77. The summed E-state index contributed by atoms with van der Waals surface area (Å²) in [5.41, 5.74) is 5.04. The number of para-hydroxylation sites is 1. The standard InChI is InChI=1S/C23H17NO/c1-4-10-18(11-5-1)20-16-22(19-12-6-2-7-13-19)25-23(17-20)24-21-14-8-3-9-15-21/h1-17H/p+1. The average Bonchev–Trinajstić information content (AvgIpc) is 2.70. The number of benzene rings is 3. The minimum Gasteiger partial charge on any atom is -0.405 e. The van der Waals surface area contributed by atoms with Gasteiger partial charge in [0.1, 0.15) is 5.76 Å². The Labute approximate surface area is 146 Å². The monoisotopic (exact) mass is 324 g/mol. The van der Waals surface area contributed by atoms with Gasteiger partial charge in [-0.05, 0) is 17.2 Å². The molecule has 3 aromatic carbocycles. The first-order valence-electron chi connectivity index (χ1n) is 8.29. The molecule has 0 spiro atoms. The lowest BCUT2D eigenvalue weighted by atomic mass is 10.0. The van der Waals surface area contributed by atoms with Gasteiger partial charge in [-0.1, -0.05) is 78.9 Å². The first-order chi connectivity index (χ1) is 12.4. The van der Waals surface area contributed by atoms with E-state index in [1.54, 1.807) is 0 Å². The van der Waals surface area contributed by atoms with Gasteiger partial charge in [-0.3, -0.25) is 0 Å². The predicted octanol–water partition coefficient (Wildman–Crippen LogP) is 3.93. The molecule has 0 saturated carbocycles. The zero-order chi connectivity index (χ0) is 16.9. The van der Waals surface area contributed by atoms with Crippen LogP contribution < -0.4 is 10.5 Å². The zero-order valence-corrected chi connectivity index (χ0v) is 13.7. The van der Waals surface area contributed by atoms with E-state index in [1.165, 1.54) is 0 Å². The van der Waals surface area contributed by atoms with Gasteiger partial charge in [0, 0.05) is 17.7 Å². The van der Waals surface area contributed by atoms with Crippen LogP contribution in [0.5, 0.6) is 0 Å². The van der Waals surface area contributed by atoms with E-state index in [4.69, 9.17) is 4.42 Å². The van der Waals surface area contributed by atoms with Crippen LogP contribution in [0, 0.1) is 0 Å². The van der Waals surface area contributed by atoms with Gasteiger partial charge < -0.3 is 4.42 Å². The van der Waals surface area contributed by atoms with E-state index in [9.17, 15) is 0 Å². The van der Waals surface area contributed by atoms with Gasteiger partial charge in [0.2, 0.25) is 5.69 Å². The van der Waals surface area contributed by atoms with Gasteiger partial charge in [0.15, 0.2) is 0 Å². The summed E-state index contributed by atoms with van der Waals surface area (Å²) in [4.78, 5) is 3.36. The van der Waals surface area contributed by atoms with E-state index >= 15 is 0 Å². The van der Waals surface area contributed by atoms with Crippen LogP contribution in [0.1, 0.15) is 0 Å². The largest absolute Gasteiger partial charge is 0.405 e. The molecule has 0 radical (unpaired) electrons. The molecule has 2 nitrogen and oxygen atoms in total. The summed E-state index contributed by atoms with van der Waals surface area (Å²) >= 11 is 0. The summed E-state index contributed by atoms with van der Waals surface area (Å²) in [5, 5.41) is 0. The average molecular weight is 324 g/mol. The van der Waals surface area contributed by atoms with Crippen LogP contribution in [0.25, 0.3) is 22.5 Å². The molecule has 0 aliphatic heterocycles. The molecule has 1 heterocycles. The van der Waals surface area contributed by atoms with Crippen LogP contribution in [0.4, 0.5) is 5.69 Å². The molecule has 1 aromatic heterocycles. The number of nitrogens with one attached hydrogen (secondary N) is 1. The van der Waals surface area contributed by atoms with E-state index in [2.05, 4.69) is 35.3 Å². The van der Waals surface area contributed by atoms with Crippen molar-refractivity contribution in [3.05, 3.63) is 109 Å². The smallest absolute Gasteiger partial charge is 0.372 e. The number of hydrogen-bond donors (Lipinski definition) is 1. The molecular formula is C23H18NO+. The van der Waals surface area contributed by atoms with Crippen LogP contribution in [-0.2, 0) is 0 Å². The Morgan fingerprint density at radius 2 is 1.08 bits per heavy atom. The van der Waals surface area contributed by atoms with Crippen molar-refractivity contribution in [2.24, 2.45) is 0 Å². The zero-order valence-electron chi connectivity index (χ0n) is 13.7. The van der Waals surface area contributed by atoms with Gasteiger partial charge in [-0.25, -0.2) is 0 Å². The Balaban J connectivity index is 1.91. The lowest BCUT2D eigenvalue weighted by molar-refractivity contribution is -0.417. The highest BCUT2D eigenvalue weighted by Crippen LogP contribution is 2.24. The normalized spacial score (nSPS) is 11.4. The lowest BCUT2D eigenvalue weighted by Crippen LogP contribution is -2.70. The molecule has 25 heavy (non-hydrogen) atoms. The summed E-state index contributed by atoms with van der Waals surface area (Å²) < 4.78 is 6.12. The number of hydrogen-bond acceptors (Lipinski definition) is 1. The van der Waals surface area contributed by atoms with Crippen molar-refractivity contribution in [1.29, 1.82) is 0 Å². The molecule has 0 fully saturated rings. The van der Waals surface area contributed by atoms with Crippen molar-refractivity contribution in [2.45, 2.75) is 0 Å². The third-order valence-electron chi connectivity index (χ3n) is 4.00. The molecule has 4 aromatic rings. The highest BCUT2D eigenvalue weighted by Gasteiger charge is 2.08. The maximum Gasteiger partial charge on any atom is 0.372 e. The summed E-state index contributed by atoms with van der Waals surface area (Å²) in [6.45, 7) is 0.